The van der Waals surface area contributed by atoms with Crippen LogP contribution in [-0.2, 0) is 11.2 Å². The van der Waals surface area contributed by atoms with Crippen molar-refractivity contribution in [2.45, 2.75) is 59.2 Å². The van der Waals surface area contributed by atoms with E-state index in [1.54, 1.807) is 0 Å². The van der Waals surface area contributed by atoms with Crippen LogP contribution >= 0.6 is 0 Å². The summed E-state index contributed by atoms with van der Waals surface area (Å²) in [5.74, 6) is 1.03. The lowest BCUT2D eigenvalue weighted by Crippen LogP contribution is -2.33. The molecule has 2 N–H and O–H groups in total. The fourth-order valence-corrected chi connectivity index (χ4v) is 2.16. The molecule has 1 aromatic carbocycles. The first kappa shape index (κ1) is 20.3. The normalized spacial score (nSPS) is 12.8. The van der Waals surface area contributed by atoms with Crippen molar-refractivity contribution in [1.29, 1.82) is 0 Å². The molecular formula is C19H31NO4. The van der Waals surface area contributed by atoms with Crippen LogP contribution in [0.5, 0.6) is 5.75 Å². The van der Waals surface area contributed by atoms with E-state index in [0.29, 0.717) is 6.54 Å². The van der Waals surface area contributed by atoms with Crippen molar-refractivity contribution in [2.24, 2.45) is 5.92 Å². The molecule has 0 saturated heterocycles. The highest BCUT2D eigenvalue weighted by molar-refractivity contribution is 5.67. The smallest absolute Gasteiger partial charge is 0.407 e. The summed E-state index contributed by atoms with van der Waals surface area (Å²) in [5.41, 5.74) is 0.586. The van der Waals surface area contributed by atoms with Gasteiger partial charge in [-0.3, -0.25) is 0 Å². The first-order valence-corrected chi connectivity index (χ1v) is 8.55. The van der Waals surface area contributed by atoms with E-state index in [4.69, 9.17) is 9.47 Å². The first-order chi connectivity index (χ1) is 11.2. The Kier molecular flexibility index (Phi) is 8.05. The van der Waals surface area contributed by atoms with Crippen molar-refractivity contribution < 1.29 is 19.4 Å². The molecule has 1 atom stereocenters. The maximum Gasteiger partial charge on any atom is 0.407 e. The predicted molar refractivity (Wildman–Crippen MR) is 95.3 cm³/mol. The molecule has 0 radical (unpaired) electrons. The number of rotatable bonds is 8. The minimum Gasteiger partial charge on any atom is -0.487 e. The van der Waals surface area contributed by atoms with Gasteiger partial charge in [0.1, 0.15) is 17.5 Å². The molecular weight excluding hydrogens is 306 g/mol. The summed E-state index contributed by atoms with van der Waals surface area (Å²) < 4.78 is 11.1. The van der Waals surface area contributed by atoms with Crippen molar-refractivity contribution in [3.63, 3.8) is 0 Å². The number of aliphatic hydroxyl groups excluding tert-OH is 1. The lowest BCUT2D eigenvalue weighted by atomic mass is 10.1. The molecule has 1 amide bonds. The molecule has 0 bridgehead atoms. The van der Waals surface area contributed by atoms with Crippen molar-refractivity contribution in [3.8, 4) is 5.75 Å². The van der Waals surface area contributed by atoms with Crippen LogP contribution in [-0.4, -0.2) is 36.1 Å². The summed E-state index contributed by atoms with van der Waals surface area (Å²) in [6.07, 6.45) is 0.950. The SMILES string of the molecule is CC(C)[C@H](CO)Oc1ccccc1CCCNC(=O)OC(C)(C)C. The van der Waals surface area contributed by atoms with Crippen molar-refractivity contribution in [3.05, 3.63) is 29.8 Å². The second-order valence-corrected chi connectivity index (χ2v) is 7.22. The van der Waals surface area contributed by atoms with Crippen LogP contribution in [0.2, 0.25) is 0 Å². The Bertz CT molecular complexity index is 508. The van der Waals surface area contributed by atoms with E-state index in [1.807, 2.05) is 58.9 Å². The number of hydrogen-bond donors (Lipinski definition) is 2. The fraction of sp³-hybridized carbons (Fsp3) is 0.632. The van der Waals surface area contributed by atoms with Crippen LogP contribution in [0.15, 0.2) is 24.3 Å². The van der Waals surface area contributed by atoms with Gasteiger partial charge in [-0.1, -0.05) is 32.0 Å². The van der Waals surface area contributed by atoms with Crippen LogP contribution in [0.1, 0.15) is 46.6 Å². The van der Waals surface area contributed by atoms with Crippen molar-refractivity contribution in [1.82, 2.24) is 5.32 Å². The average Bonchev–Trinajstić information content (AvgIpc) is 2.48. The molecule has 0 saturated carbocycles. The highest BCUT2D eigenvalue weighted by atomic mass is 16.6. The van der Waals surface area contributed by atoms with Gasteiger partial charge >= 0.3 is 6.09 Å². The van der Waals surface area contributed by atoms with Gasteiger partial charge in [0.15, 0.2) is 0 Å². The number of nitrogens with one attached hydrogen (secondary N) is 1. The van der Waals surface area contributed by atoms with Crippen molar-refractivity contribution >= 4 is 6.09 Å². The van der Waals surface area contributed by atoms with Crippen molar-refractivity contribution in [2.75, 3.05) is 13.2 Å². The zero-order valence-corrected chi connectivity index (χ0v) is 15.5. The summed E-state index contributed by atoms with van der Waals surface area (Å²) in [4.78, 5) is 11.6. The number of hydrogen-bond acceptors (Lipinski definition) is 4. The second kappa shape index (κ2) is 9.52. The third-order valence-corrected chi connectivity index (χ3v) is 3.47. The molecule has 5 nitrogen and oxygen atoms in total. The van der Waals surface area contributed by atoms with Crippen LogP contribution in [0.25, 0.3) is 0 Å². The fourth-order valence-electron chi connectivity index (χ4n) is 2.16. The van der Waals surface area contributed by atoms with E-state index in [9.17, 15) is 9.90 Å². The summed E-state index contributed by atoms with van der Waals surface area (Å²) >= 11 is 0. The van der Waals surface area contributed by atoms with E-state index < -0.39 is 11.7 Å². The Labute approximate surface area is 145 Å². The Morgan fingerprint density at radius 2 is 1.92 bits per heavy atom. The Morgan fingerprint density at radius 1 is 1.25 bits per heavy atom. The maximum atomic E-state index is 11.6. The molecule has 5 heteroatoms. The van der Waals surface area contributed by atoms with Crippen LogP contribution in [0, 0.1) is 5.92 Å². The third kappa shape index (κ3) is 7.68. The van der Waals surface area contributed by atoms with Gasteiger partial charge in [-0.25, -0.2) is 4.79 Å². The Hall–Kier alpha value is -1.75. The minimum absolute atomic E-state index is 0.00774. The molecule has 24 heavy (non-hydrogen) atoms. The van der Waals surface area contributed by atoms with Crippen LogP contribution < -0.4 is 10.1 Å². The molecule has 0 fully saturated rings. The quantitative estimate of drug-likeness (QED) is 0.712. The Morgan fingerprint density at radius 3 is 2.50 bits per heavy atom. The van der Waals surface area contributed by atoms with Gasteiger partial charge in [0.2, 0.25) is 0 Å². The topological polar surface area (TPSA) is 67.8 Å². The second-order valence-electron chi connectivity index (χ2n) is 7.22. The van der Waals surface area contributed by atoms with E-state index >= 15 is 0 Å². The number of amides is 1. The summed E-state index contributed by atoms with van der Waals surface area (Å²) in [5, 5.41) is 12.2. The monoisotopic (exact) mass is 337 g/mol. The molecule has 0 aliphatic heterocycles. The van der Waals surface area contributed by atoms with E-state index in [-0.39, 0.29) is 18.6 Å². The number of aryl methyl sites for hydroxylation is 1. The average molecular weight is 337 g/mol. The molecule has 0 aromatic heterocycles. The molecule has 1 aromatic rings. The first-order valence-electron chi connectivity index (χ1n) is 8.55. The number of carbonyl (C=O) groups excluding carboxylic acids is 1. The van der Waals surface area contributed by atoms with Gasteiger partial charge in [-0.15, -0.1) is 0 Å². The summed E-state index contributed by atoms with van der Waals surface area (Å²) in [6, 6.07) is 7.82. The number of aliphatic hydroxyl groups is 1. The molecule has 1 rings (SSSR count). The summed E-state index contributed by atoms with van der Waals surface area (Å²) in [7, 11) is 0. The third-order valence-electron chi connectivity index (χ3n) is 3.47. The van der Waals surface area contributed by atoms with Gasteiger partial charge in [0, 0.05) is 6.54 Å². The van der Waals surface area contributed by atoms with E-state index in [2.05, 4.69) is 5.32 Å². The van der Waals surface area contributed by atoms with E-state index in [0.717, 1.165) is 24.2 Å². The predicted octanol–water partition coefficient (Wildman–Crippen LogP) is 3.54. The van der Waals surface area contributed by atoms with Crippen LogP contribution in [0.4, 0.5) is 4.79 Å². The standard InChI is InChI=1S/C19H31NO4/c1-14(2)17(13-21)23-16-11-7-6-9-15(16)10-8-12-20-18(22)24-19(3,4)5/h6-7,9,11,14,17,21H,8,10,12-13H2,1-5H3,(H,20,22)/t17-/m0/s1. The number of benzene rings is 1. The number of carbonyl (C=O) groups is 1. The maximum absolute atomic E-state index is 11.6. The zero-order chi connectivity index (χ0) is 18.2. The molecule has 0 aliphatic rings. The van der Waals surface area contributed by atoms with E-state index in [1.165, 1.54) is 0 Å². The van der Waals surface area contributed by atoms with Crippen LogP contribution in [0.3, 0.4) is 0 Å². The molecule has 0 unspecified atom stereocenters. The summed E-state index contributed by atoms with van der Waals surface area (Å²) in [6.45, 7) is 10.1. The largest absolute Gasteiger partial charge is 0.487 e. The number of ether oxygens (including phenoxy) is 2. The zero-order valence-electron chi connectivity index (χ0n) is 15.5. The van der Waals surface area contributed by atoms with Gasteiger partial charge in [0.25, 0.3) is 0 Å². The lowest BCUT2D eigenvalue weighted by molar-refractivity contribution is 0.0527. The minimum atomic E-state index is -0.485. The molecule has 0 aliphatic carbocycles. The lowest BCUT2D eigenvalue weighted by Gasteiger charge is -2.22. The van der Waals surface area contributed by atoms with Gasteiger partial charge < -0.3 is 19.9 Å². The molecule has 0 heterocycles. The highest BCUT2D eigenvalue weighted by Gasteiger charge is 2.17. The number of alkyl carbamates (subject to hydrolysis) is 1. The molecule has 0 spiro atoms. The van der Waals surface area contributed by atoms with Gasteiger partial charge in [-0.05, 0) is 51.2 Å². The molecule has 136 valence electrons. The Balaban J connectivity index is 2.50. The van der Waals surface area contributed by atoms with Gasteiger partial charge in [0.05, 0.1) is 6.61 Å². The highest BCUT2D eigenvalue weighted by Crippen LogP contribution is 2.22. The van der Waals surface area contributed by atoms with Gasteiger partial charge in [-0.2, -0.15) is 0 Å². The number of para-hydroxylation sites is 1.